The smallest absolute Gasteiger partial charge is 0 e. The van der Waals surface area contributed by atoms with E-state index in [9.17, 15) is 0 Å². The fourth-order valence-electron chi connectivity index (χ4n) is 8.83. The Morgan fingerprint density at radius 1 is 0.727 bits per heavy atom. The zero-order chi connectivity index (χ0) is 37.4. The fraction of sp³-hybridized carbons (Fsp3) is 0.367. The third-order valence-electron chi connectivity index (χ3n) is 11.9. The Morgan fingerprint density at radius 2 is 1.40 bits per heavy atom. The van der Waals surface area contributed by atoms with Crippen molar-refractivity contribution in [2.45, 2.75) is 102 Å². The van der Waals surface area contributed by atoms with Gasteiger partial charge >= 0.3 is 160 Å². The van der Waals surface area contributed by atoms with Crippen LogP contribution in [0.3, 0.4) is 0 Å². The maximum atomic E-state index is 5.96. The van der Waals surface area contributed by atoms with Crippen molar-refractivity contribution in [2.24, 2.45) is 11.8 Å². The first-order chi connectivity index (χ1) is 26.1. The number of hydrogen-bond donors (Lipinski definition) is 0. The van der Waals surface area contributed by atoms with Gasteiger partial charge in [-0.15, -0.1) is 11.6 Å². The summed E-state index contributed by atoms with van der Waals surface area (Å²) < 4.78 is 7.54. The number of aryl methyl sites for hydroxylation is 3. The summed E-state index contributed by atoms with van der Waals surface area (Å²) in [6.45, 7) is 6.29. The number of nitrogens with zero attached hydrogens (tertiary/aromatic N) is 3. The van der Waals surface area contributed by atoms with Crippen molar-refractivity contribution < 1.29 is 24.5 Å². The topological polar surface area (TPSA) is 51.8 Å². The zero-order valence-electron chi connectivity index (χ0n) is 33.3. The molecule has 2 aliphatic carbocycles. The molecule has 0 saturated heterocycles. The van der Waals surface area contributed by atoms with Gasteiger partial charge in [0, 0.05) is 37.7 Å². The third-order valence-corrected chi connectivity index (χ3v) is 16.2. The van der Waals surface area contributed by atoms with Gasteiger partial charge in [0.15, 0.2) is 5.71 Å². The molecule has 1 radical (unpaired) electrons. The van der Waals surface area contributed by atoms with E-state index in [-0.39, 0.29) is 20.1 Å². The molecule has 0 bridgehead atoms. The van der Waals surface area contributed by atoms with Gasteiger partial charge in [0.1, 0.15) is 0 Å². The van der Waals surface area contributed by atoms with Gasteiger partial charge in [-0.3, -0.25) is 4.98 Å². The van der Waals surface area contributed by atoms with E-state index in [2.05, 4.69) is 121 Å². The Morgan fingerprint density at radius 3 is 2.09 bits per heavy atom. The summed E-state index contributed by atoms with van der Waals surface area (Å²) in [5, 5.41) is 4.50. The minimum absolute atomic E-state index is 0. The minimum atomic E-state index is -1.92. The van der Waals surface area contributed by atoms with Crippen LogP contribution in [0.25, 0.3) is 55.4 Å². The number of aromatic nitrogens is 3. The molecule has 0 N–H and O–H groups in total. The molecular weight excluding hydrogens is 911 g/mol. The second kappa shape index (κ2) is 16.8. The molecule has 4 heterocycles. The van der Waals surface area contributed by atoms with Crippen molar-refractivity contribution >= 4 is 50.5 Å². The Kier molecular flexibility index (Phi) is 12.1. The zero-order valence-corrected chi connectivity index (χ0v) is 37.8. The molecule has 6 heteroatoms. The minimum Gasteiger partial charge on any atom is 0 e. The van der Waals surface area contributed by atoms with Crippen molar-refractivity contribution in [3.63, 3.8) is 0 Å². The maximum absolute atomic E-state index is 5.96. The van der Waals surface area contributed by atoms with Crippen molar-refractivity contribution in [3.8, 4) is 22.5 Å². The Hall–Kier alpha value is -3.64. The van der Waals surface area contributed by atoms with Gasteiger partial charge in [0.25, 0.3) is 0 Å². The van der Waals surface area contributed by atoms with E-state index >= 15 is 0 Å². The molecule has 0 aliphatic heterocycles. The molecule has 7 aromatic rings. The van der Waals surface area contributed by atoms with Crippen LogP contribution in [0.1, 0.15) is 79.3 Å². The predicted molar refractivity (Wildman–Crippen MR) is 228 cm³/mol. The molecular formula is C49H53GeIrN3O-2. The van der Waals surface area contributed by atoms with E-state index in [4.69, 9.17) is 14.4 Å². The van der Waals surface area contributed by atoms with Gasteiger partial charge in [0.05, 0.1) is 5.58 Å². The van der Waals surface area contributed by atoms with Gasteiger partial charge in [-0.25, -0.2) is 4.98 Å². The Balaban J connectivity index is 0.000000167. The Bertz CT molecular complexity index is 2450. The van der Waals surface area contributed by atoms with Crippen LogP contribution in [0.15, 0.2) is 83.5 Å². The van der Waals surface area contributed by atoms with E-state index in [0.717, 1.165) is 68.4 Å². The molecule has 3 aromatic carbocycles. The monoisotopic (exact) mass is 966 g/mol. The van der Waals surface area contributed by atoms with Gasteiger partial charge in [-0.1, -0.05) is 67.3 Å². The van der Waals surface area contributed by atoms with E-state index in [1.54, 1.807) is 9.96 Å². The van der Waals surface area contributed by atoms with E-state index in [1.807, 2.05) is 13.0 Å². The predicted octanol–water partition coefficient (Wildman–Crippen LogP) is 12.5. The van der Waals surface area contributed by atoms with Crippen LogP contribution in [-0.2, 0) is 32.9 Å². The van der Waals surface area contributed by atoms with Crippen molar-refractivity contribution in [1.29, 1.82) is 0 Å². The van der Waals surface area contributed by atoms with Gasteiger partial charge in [0.2, 0.25) is 0 Å². The summed E-state index contributed by atoms with van der Waals surface area (Å²) in [6, 6.07) is 30.6. The molecule has 0 spiro atoms. The third kappa shape index (κ3) is 8.85. The second-order valence-electron chi connectivity index (χ2n) is 17.1. The average molecular weight is 965 g/mol. The quantitative estimate of drug-likeness (QED) is 0.118. The van der Waals surface area contributed by atoms with Gasteiger partial charge < -0.3 is 4.42 Å². The number of fused-ring (bicyclic) bond motifs is 4. The largest absolute Gasteiger partial charge is 0 e. The summed E-state index contributed by atoms with van der Waals surface area (Å²) in [5.74, 6) is 9.16. The van der Waals surface area contributed by atoms with Gasteiger partial charge in [-0.2, -0.15) is 0 Å². The van der Waals surface area contributed by atoms with E-state index in [1.165, 1.54) is 79.7 Å². The standard InChI is InChI=1S/C25H25N2O.C24H28GeN.Ir/c1-15-10-23(26-14-19(15)12-18-6-4-5-7-18)21-13-22-20-9-8-17(3)27-25(20)28-24(22)11-16(21)2;1-25(2,3)23-17-26-24(16-22(23)14-18-8-4-5-9-18)21-13-12-19-10-6-7-11-20(19)15-21;/h8-11,14,18H,4-7,12H2,1-3H3;6-7,10-12,15-18H,4-5,8-9,14H2,1-3H3;/q2*-1;. The Labute approximate surface area is 343 Å². The first kappa shape index (κ1) is 39.6. The van der Waals surface area contributed by atoms with Crippen molar-refractivity contribution in [2.75, 3.05) is 0 Å². The summed E-state index contributed by atoms with van der Waals surface area (Å²) in [6.07, 6.45) is 17.8. The summed E-state index contributed by atoms with van der Waals surface area (Å²) in [7, 11) is 0. The maximum Gasteiger partial charge on any atom is 0 e. The summed E-state index contributed by atoms with van der Waals surface area (Å²) in [5.41, 5.74) is 12.1. The first-order valence-corrected chi connectivity index (χ1v) is 27.5. The number of hydrogen-bond acceptors (Lipinski definition) is 4. The van der Waals surface area contributed by atoms with Crippen LogP contribution in [0.2, 0.25) is 17.3 Å². The second-order valence-corrected chi connectivity index (χ2v) is 27.7. The molecule has 285 valence electrons. The van der Waals surface area contributed by atoms with Crippen molar-refractivity contribution in [3.05, 3.63) is 119 Å². The first-order valence-electron chi connectivity index (χ1n) is 20.2. The molecule has 0 unspecified atom stereocenters. The van der Waals surface area contributed by atoms with Crippen molar-refractivity contribution in [1.82, 2.24) is 15.0 Å². The van der Waals surface area contributed by atoms with Crippen LogP contribution < -0.4 is 4.40 Å². The molecule has 2 fully saturated rings. The normalized spacial score (nSPS) is 15.1. The van der Waals surface area contributed by atoms with Crippen LogP contribution >= 0.6 is 0 Å². The molecule has 4 nitrogen and oxygen atoms in total. The van der Waals surface area contributed by atoms with E-state index < -0.39 is 13.3 Å². The number of benzene rings is 3. The molecule has 55 heavy (non-hydrogen) atoms. The summed E-state index contributed by atoms with van der Waals surface area (Å²) in [4.78, 5) is 14.2. The van der Waals surface area contributed by atoms with Crippen LogP contribution in [-0.4, -0.2) is 28.2 Å². The molecule has 4 aromatic heterocycles. The van der Waals surface area contributed by atoms with Crippen LogP contribution in [0.4, 0.5) is 0 Å². The number of furan rings is 1. The molecule has 2 saturated carbocycles. The van der Waals surface area contributed by atoms with E-state index in [0.29, 0.717) is 5.71 Å². The SMILES string of the molecule is Cc1ccc2c(n1)oc1cc(C)c(-c3cc(C)c(CC4CCCC4)cn3)[c-]c12.[CH3][Ge]([CH3])([CH3])[c]1cnc(-c2[c-]cc3ccccc3c2)cc1CC1CCCC1.[Ir]. The summed E-state index contributed by atoms with van der Waals surface area (Å²) >= 11 is -1.92. The molecule has 9 rings (SSSR count). The number of pyridine rings is 3. The molecule has 2 aliphatic rings. The van der Waals surface area contributed by atoms with Crippen LogP contribution in [0, 0.1) is 44.7 Å². The molecule has 0 atom stereocenters. The average Bonchev–Trinajstić information content (AvgIpc) is 3.94. The van der Waals surface area contributed by atoms with Gasteiger partial charge in [-0.05, 0) is 43.2 Å². The van der Waals surface area contributed by atoms with Crippen LogP contribution in [0.5, 0.6) is 0 Å². The fourth-order valence-corrected chi connectivity index (χ4v) is 12.2. The number of rotatable bonds is 7. The molecule has 0 amide bonds.